The van der Waals surface area contributed by atoms with E-state index in [0.29, 0.717) is 18.7 Å². The van der Waals surface area contributed by atoms with Gasteiger partial charge in [-0.2, -0.15) is 5.26 Å². The number of hydrogen-bond acceptors (Lipinski definition) is 6. The average molecular weight is 341 g/mol. The highest BCUT2D eigenvalue weighted by Gasteiger charge is 2.26. The summed E-state index contributed by atoms with van der Waals surface area (Å²) in [6.07, 6.45) is 2.36. The Kier molecular flexibility index (Phi) is 4.76. The molecule has 1 aliphatic heterocycles. The van der Waals surface area contributed by atoms with Gasteiger partial charge in [0, 0.05) is 32.4 Å². The van der Waals surface area contributed by atoms with E-state index in [1.807, 2.05) is 24.8 Å². The SMILES string of the molecule is CCc1nc(C)sc1C(=O)N1CCN(c2ccc(C#N)cn2)CC1. The fourth-order valence-corrected chi connectivity index (χ4v) is 3.77. The lowest BCUT2D eigenvalue weighted by molar-refractivity contribution is 0.0750. The summed E-state index contributed by atoms with van der Waals surface area (Å²) in [5, 5.41) is 9.78. The summed E-state index contributed by atoms with van der Waals surface area (Å²) in [7, 11) is 0. The Morgan fingerprint density at radius 2 is 2.08 bits per heavy atom. The van der Waals surface area contributed by atoms with Gasteiger partial charge < -0.3 is 9.80 Å². The molecular weight excluding hydrogens is 322 g/mol. The van der Waals surface area contributed by atoms with Gasteiger partial charge in [0.1, 0.15) is 16.8 Å². The third-order valence-electron chi connectivity index (χ3n) is 4.10. The number of nitrogens with zero attached hydrogens (tertiary/aromatic N) is 5. The van der Waals surface area contributed by atoms with Crippen molar-refractivity contribution in [2.45, 2.75) is 20.3 Å². The Hall–Kier alpha value is -2.46. The minimum Gasteiger partial charge on any atom is -0.353 e. The van der Waals surface area contributed by atoms with Crippen molar-refractivity contribution in [3.63, 3.8) is 0 Å². The summed E-state index contributed by atoms with van der Waals surface area (Å²) < 4.78 is 0. The second kappa shape index (κ2) is 6.97. The lowest BCUT2D eigenvalue weighted by atomic mass is 10.2. The van der Waals surface area contributed by atoms with Crippen LogP contribution in [0.1, 0.15) is 32.9 Å². The van der Waals surface area contributed by atoms with E-state index in [1.165, 1.54) is 11.3 Å². The van der Waals surface area contributed by atoms with E-state index < -0.39 is 0 Å². The van der Waals surface area contributed by atoms with Gasteiger partial charge in [0.15, 0.2) is 0 Å². The number of thiazole rings is 1. The molecule has 1 aliphatic rings. The van der Waals surface area contributed by atoms with Crippen molar-refractivity contribution in [1.29, 1.82) is 5.26 Å². The van der Waals surface area contributed by atoms with Crippen molar-refractivity contribution < 1.29 is 4.79 Å². The normalized spacial score (nSPS) is 14.5. The number of aryl methyl sites for hydroxylation is 2. The highest BCUT2D eigenvalue weighted by atomic mass is 32.1. The molecule has 1 fully saturated rings. The zero-order valence-electron chi connectivity index (χ0n) is 13.8. The maximum absolute atomic E-state index is 12.7. The number of rotatable bonds is 3. The van der Waals surface area contributed by atoms with Gasteiger partial charge in [-0.05, 0) is 25.5 Å². The molecule has 1 amide bonds. The first kappa shape index (κ1) is 16.4. The quantitative estimate of drug-likeness (QED) is 0.856. The Morgan fingerprint density at radius 1 is 1.33 bits per heavy atom. The molecule has 124 valence electrons. The van der Waals surface area contributed by atoms with Crippen molar-refractivity contribution in [3.05, 3.63) is 39.5 Å². The first-order valence-electron chi connectivity index (χ1n) is 7.99. The van der Waals surface area contributed by atoms with Crippen LogP contribution < -0.4 is 4.90 Å². The summed E-state index contributed by atoms with van der Waals surface area (Å²) in [5.74, 6) is 0.939. The Morgan fingerprint density at radius 3 is 2.67 bits per heavy atom. The van der Waals surface area contributed by atoms with Crippen molar-refractivity contribution in [2.75, 3.05) is 31.1 Å². The third kappa shape index (κ3) is 3.24. The standard InChI is InChI=1S/C17H19N5OS/c1-3-14-16(24-12(2)20-14)17(23)22-8-6-21(7-9-22)15-5-4-13(10-18)11-19-15/h4-5,11H,3,6-9H2,1-2H3. The van der Waals surface area contributed by atoms with Crippen molar-refractivity contribution in [3.8, 4) is 6.07 Å². The molecule has 0 bridgehead atoms. The van der Waals surface area contributed by atoms with Crippen LogP contribution in [-0.4, -0.2) is 47.0 Å². The summed E-state index contributed by atoms with van der Waals surface area (Å²) >= 11 is 1.48. The van der Waals surface area contributed by atoms with Crippen LogP contribution in [0.3, 0.4) is 0 Å². The van der Waals surface area contributed by atoms with E-state index in [-0.39, 0.29) is 5.91 Å². The number of hydrogen-bond donors (Lipinski definition) is 0. The van der Waals surface area contributed by atoms with Crippen LogP contribution in [0.2, 0.25) is 0 Å². The zero-order valence-corrected chi connectivity index (χ0v) is 14.6. The number of nitriles is 1. The van der Waals surface area contributed by atoms with Gasteiger partial charge in [-0.25, -0.2) is 9.97 Å². The van der Waals surface area contributed by atoms with Gasteiger partial charge in [0.05, 0.1) is 16.3 Å². The molecule has 0 atom stereocenters. The highest BCUT2D eigenvalue weighted by Crippen LogP contribution is 2.22. The fourth-order valence-electron chi connectivity index (χ4n) is 2.80. The Balaban J connectivity index is 1.66. The van der Waals surface area contributed by atoms with Crippen LogP contribution in [0.15, 0.2) is 18.3 Å². The van der Waals surface area contributed by atoms with Crippen molar-refractivity contribution >= 4 is 23.1 Å². The maximum atomic E-state index is 12.7. The molecule has 0 radical (unpaired) electrons. The smallest absolute Gasteiger partial charge is 0.265 e. The first-order valence-corrected chi connectivity index (χ1v) is 8.80. The lowest BCUT2D eigenvalue weighted by Gasteiger charge is -2.35. The van der Waals surface area contributed by atoms with Crippen LogP contribution in [-0.2, 0) is 6.42 Å². The second-order valence-electron chi connectivity index (χ2n) is 5.66. The van der Waals surface area contributed by atoms with E-state index >= 15 is 0 Å². The first-order chi connectivity index (χ1) is 11.6. The van der Waals surface area contributed by atoms with Gasteiger partial charge in [-0.15, -0.1) is 11.3 Å². The topological polar surface area (TPSA) is 73.1 Å². The largest absolute Gasteiger partial charge is 0.353 e. The summed E-state index contributed by atoms with van der Waals surface area (Å²) in [6.45, 7) is 6.78. The van der Waals surface area contributed by atoms with Gasteiger partial charge >= 0.3 is 0 Å². The molecule has 0 aromatic carbocycles. The number of carbonyl (C=O) groups excluding carboxylic acids is 1. The number of anilines is 1. The summed E-state index contributed by atoms with van der Waals surface area (Å²) in [6, 6.07) is 5.70. The van der Waals surface area contributed by atoms with E-state index in [4.69, 9.17) is 5.26 Å². The lowest BCUT2D eigenvalue weighted by Crippen LogP contribution is -2.49. The molecule has 6 nitrogen and oxygen atoms in total. The molecule has 2 aromatic rings. The van der Waals surface area contributed by atoms with Crippen LogP contribution >= 0.6 is 11.3 Å². The predicted molar refractivity (Wildman–Crippen MR) is 93.3 cm³/mol. The van der Waals surface area contributed by atoms with Gasteiger partial charge in [-0.3, -0.25) is 4.79 Å². The van der Waals surface area contributed by atoms with Crippen LogP contribution in [0.25, 0.3) is 0 Å². The molecule has 0 aliphatic carbocycles. The number of amides is 1. The van der Waals surface area contributed by atoms with Crippen LogP contribution in [0, 0.1) is 18.3 Å². The molecule has 7 heteroatoms. The number of pyridine rings is 1. The average Bonchev–Trinajstić information content (AvgIpc) is 3.02. The van der Waals surface area contributed by atoms with E-state index in [1.54, 1.807) is 12.3 Å². The minimum absolute atomic E-state index is 0.0879. The monoisotopic (exact) mass is 341 g/mol. The molecule has 2 aromatic heterocycles. The van der Waals surface area contributed by atoms with Gasteiger partial charge in [-0.1, -0.05) is 6.92 Å². The third-order valence-corrected chi connectivity index (χ3v) is 5.10. The van der Waals surface area contributed by atoms with Gasteiger partial charge in [0.25, 0.3) is 5.91 Å². The van der Waals surface area contributed by atoms with E-state index in [9.17, 15) is 4.79 Å². The molecule has 0 saturated carbocycles. The highest BCUT2D eigenvalue weighted by molar-refractivity contribution is 7.13. The zero-order chi connectivity index (χ0) is 17.1. The fraction of sp³-hybridized carbons (Fsp3) is 0.412. The number of piperazine rings is 1. The molecule has 0 spiro atoms. The maximum Gasteiger partial charge on any atom is 0.265 e. The predicted octanol–water partition coefficient (Wildman–Crippen LogP) is 2.24. The van der Waals surface area contributed by atoms with Gasteiger partial charge in [0.2, 0.25) is 0 Å². The molecular formula is C17H19N5OS. The second-order valence-corrected chi connectivity index (χ2v) is 6.86. The van der Waals surface area contributed by atoms with Crippen molar-refractivity contribution in [2.24, 2.45) is 0 Å². The summed E-state index contributed by atoms with van der Waals surface area (Å²) in [4.78, 5) is 26.3. The molecule has 3 rings (SSSR count). The minimum atomic E-state index is 0.0879. The van der Waals surface area contributed by atoms with Crippen LogP contribution in [0.4, 0.5) is 5.82 Å². The van der Waals surface area contributed by atoms with Crippen LogP contribution in [0.5, 0.6) is 0 Å². The molecule has 3 heterocycles. The van der Waals surface area contributed by atoms with E-state index in [0.717, 1.165) is 40.9 Å². The Bertz CT molecular complexity index is 769. The van der Waals surface area contributed by atoms with E-state index in [2.05, 4.69) is 20.9 Å². The molecule has 0 N–H and O–H groups in total. The molecule has 24 heavy (non-hydrogen) atoms. The molecule has 1 saturated heterocycles. The number of aromatic nitrogens is 2. The Labute approximate surface area is 145 Å². The van der Waals surface area contributed by atoms with Crippen molar-refractivity contribution in [1.82, 2.24) is 14.9 Å². The summed E-state index contributed by atoms with van der Waals surface area (Å²) in [5.41, 5.74) is 1.46. The number of carbonyl (C=O) groups is 1. The molecule has 0 unspecified atom stereocenters.